The Kier molecular flexibility index (Phi) is 7.07. The number of piperazine rings is 1. The van der Waals surface area contributed by atoms with Gasteiger partial charge in [0.15, 0.2) is 5.82 Å². The van der Waals surface area contributed by atoms with Crippen molar-refractivity contribution in [3.8, 4) is 0 Å². The molecule has 194 valence electrons. The standard InChI is InChI=1S/C30H32N6OS/c1-2-35-15-17-36(18-16-35)26-13-11-24(12-14-26)33-29-28-27(31-20-32-29)23(19-38-28)8-5-21-3-6-22(7-4-21)30(37)34-25-9-10-25/h3-8,11-14,19-20,25H,2,9-10,15-18H2,1H3,(H,34,37)(H,31,32,33)/b8-5+. The van der Waals surface area contributed by atoms with Crippen molar-refractivity contribution in [3.63, 3.8) is 0 Å². The van der Waals surface area contributed by atoms with Crippen LogP contribution in [0.25, 0.3) is 22.4 Å². The first-order chi connectivity index (χ1) is 18.7. The van der Waals surface area contributed by atoms with E-state index in [1.807, 2.05) is 24.3 Å². The van der Waals surface area contributed by atoms with Crippen molar-refractivity contribution < 1.29 is 4.79 Å². The second-order valence-corrected chi connectivity index (χ2v) is 10.8. The van der Waals surface area contributed by atoms with Crippen molar-refractivity contribution in [2.24, 2.45) is 0 Å². The monoisotopic (exact) mass is 524 g/mol. The SMILES string of the molecule is CCN1CCN(c2ccc(Nc3ncnc4c(/C=C/c5ccc(C(=O)NC6CC6)cc5)csc34)cc2)CC1. The van der Waals surface area contributed by atoms with E-state index in [1.54, 1.807) is 17.7 Å². The van der Waals surface area contributed by atoms with E-state index >= 15 is 0 Å². The Balaban J connectivity index is 1.12. The maximum Gasteiger partial charge on any atom is 0.251 e. The number of fused-ring (bicyclic) bond motifs is 1. The van der Waals surface area contributed by atoms with Gasteiger partial charge < -0.3 is 20.4 Å². The fourth-order valence-corrected chi connectivity index (χ4v) is 5.65. The van der Waals surface area contributed by atoms with E-state index in [2.05, 4.69) is 79.1 Å². The smallest absolute Gasteiger partial charge is 0.251 e. The van der Waals surface area contributed by atoms with E-state index in [1.165, 1.54) is 5.69 Å². The molecule has 2 aromatic carbocycles. The van der Waals surface area contributed by atoms with Crippen LogP contribution in [0.2, 0.25) is 0 Å². The zero-order valence-electron chi connectivity index (χ0n) is 21.6. The third-order valence-corrected chi connectivity index (χ3v) is 8.23. The minimum absolute atomic E-state index is 0.00744. The fourth-order valence-electron chi connectivity index (χ4n) is 4.72. The molecule has 1 saturated heterocycles. The Bertz CT molecular complexity index is 1430. The molecule has 8 heteroatoms. The Morgan fingerprint density at radius 2 is 1.76 bits per heavy atom. The first-order valence-corrected chi connectivity index (χ1v) is 14.2. The molecule has 2 fully saturated rings. The quantitative estimate of drug-likeness (QED) is 0.311. The summed E-state index contributed by atoms with van der Waals surface area (Å²) in [5.74, 6) is 0.822. The van der Waals surface area contributed by atoms with E-state index in [0.717, 1.165) is 78.4 Å². The maximum absolute atomic E-state index is 12.2. The van der Waals surface area contributed by atoms with Crippen molar-refractivity contribution in [1.29, 1.82) is 0 Å². The molecule has 1 aliphatic heterocycles. The van der Waals surface area contributed by atoms with Crippen molar-refractivity contribution >= 4 is 56.8 Å². The van der Waals surface area contributed by atoms with Crippen LogP contribution in [-0.2, 0) is 0 Å². The number of rotatable bonds is 8. The highest BCUT2D eigenvalue weighted by Crippen LogP contribution is 2.32. The van der Waals surface area contributed by atoms with E-state index in [9.17, 15) is 4.79 Å². The molecule has 6 rings (SSSR count). The Hall–Kier alpha value is -3.75. The van der Waals surface area contributed by atoms with Gasteiger partial charge in [0.25, 0.3) is 5.91 Å². The van der Waals surface area contributed by atoms with Gasteiger partial charge in [-0.2, -0.15) is 0 Å². The lowest BCUT2D eigenvalue weighted by Crippen LogP contribution is -2.46. The van der Waals surface area contributed by atoms with Gasteiger partial charge in [-0.3, -0.25) is 4.79 Å². The van der Waals surface area contributed by atoms with Gasteiger partial charge in [0.1, 0.15) is 6.33 Å². The number of anilines is 3. The second-order valence-electron chi connectivity index (χ2n) is 9.89. The summed E-state index contributed by atoms with van der Waals surface area (Å²) in [4.78, 5) is 26.2. The molecule has 1 aliphatic carbocycles. The van der Waals surface area contributed by atoms with Crippen LogP contribution in [0.15, 0.2) is 60.2 Å². The third-order valence-electron chi connectivity index (χ3n) is 7.24. The van der Waals surface area contributed by atoms with E-state index in [0.29, 0.717) is 11.6 Å². The predicted octanol–water partition coefficient (Wildman–Crippen LogP) is 5.64. The Morgan fingerprint density at radius 3 is 2.47 bits per heavy atom. The molecule has 1 amide bonds. The van der Waals surface area contributed by atoms with Gasteiger partial charge >= 0.3 is 0 Å². The zero-order chi connectivity index (χ0) is 25.9. The van der Waals surface area contributed by atoms with Crippen molar-refractivity contribution in [2.75, 3.05) is 42.9 Å². The average molecular weight is 525 g/mol. The summed E-state index contributed by atoms with van der Waals surface area (Å²) in [6.07, 6.45) is 7.92. The highest BCUT2D eigenvalue weighted by Gasteiger charge is 2.23. The topological polar surface area (TPSA) is 73.4 Å². The lowest BCUT2D eigenvalue weighted by molar-refractivity contribution is 0.0951. The van der Waals surface area contributed by atoms with Gasteiger partial charge in [0, 0.05) is 60.1 Å². The molecule has 0 atom stereocenters. The number of thiophene rings is 1. The molecule has 0 spiro atoms. The number of amides is 1. The van der Waals surface area contributed by atoms with Gasteiger partial charge in [-0.15, -0.1) is 11.3 Å². The first-order valence-electron chi connectivity index (χ1n) is 13.3. The van der Waals surface area contributed by atoms with Crippen LogP contribution >= 0.6 is 11.3 Å². The third kappa shape index (κ3) is 5.56. The number of hydrogen-bond donors (Lipinski definition) is 2. The summed E-state index contributed by atoms with van der Waals surface area (Å²) in [5.41, 5.74) is 5.99. The molecule has 38 heavy (non-hydrogen) atoms. The number of carbonyl (C=O) groups excluding carboxylic acids is 1. The summed E-state index contributed by atoms with van der Waals surface area (Å²) < 4.78 is 1.03. The van der Waals surface area contributed by atoms with Crippen LogP contribution in [0.4, 0.5) is 17.2 Å². The highest BCUT2D eigenvalue weighted by atomic mass is 32.1. The largest absolute Gasteiger partial charge is 0.369 e. The van der Waals surface area contributed by atoms with Crippen LogP contribution in [0, 0.1) is 0 Å². The van der Waals surface area contributed by atoms with Gasteiger partial charge in [0.2, 0.25) is 0 Å². The lowest BCUT2D eigenvalue weighted by Gasteiger charge is -2.35. The van der Waals surface area contributed by atoms with Crippen LogP contribution in [0.5, 0.6) is 0 Å². The molecule has 7 nitrogen and oxygen atoms in total. The molecule has 3 heterocycles. The number of nitrogens with zero attached hydrogens (tertiary/aromatic N) is 4. The van der Waals surface area contributed by atoms with Crippen LogP contribution < -0.4 is 15.5 Å². The number of benzene rings is 2. The van der Waals surface area contributed by atoms with Gasteiger partial charge in [-0.05, 0) is 61.3 Å². The maximum atomic E-state index is 12.2. The van der Waals surface area contributed by atoms with Gasteiger partial charge in [0.05, 0.1) is 10.2 Å². The number of likely N-dealkylation sites (N-methyl/N-ethyl adjacent to an activating group) is 1. The highest BCUT2D eigenvalue weighted by molar-refractivity contribution is 7.18. The molecule has 4 aromatic rings. The van der Waals surface area contributed by atoms with Crippen LogP contribution in [0.3, 0.4) is 0 Å². The van der Waals surface area contributed by atoms with Crippen LogP contribution in [-0.4, -0.2) is 59.5 Å². The summed E-state index contributed by atoms with van der Waals surface area (Å²) in [7, 11) is 0. The number of aromatic nitrogens is 2. The zero-order valence-corrected chi connectivity index (χ0v) is 22.4. The van der Waals surface area contributed by atoms with E-state index in [-0.39, 0.29) is 5.91 Å². The minimum atomic E-state index is 0.00744. The molecular formula is C30H32N6OS. The van der Waals surface area contributed by atoms with Gasteiger partial charge in [-0.1, -0.05) is 31.2 Å². The molecule has 0 bridgehead atoms. The summed E-state index contributed by atoms with van der Waals surface area (Å²) in [5, 5.41) is 8.62. The summed E-state index contributed by atoms with van der Waals surface area (Å²) >= 11 is 1.64. The second kappa shape index (κ2) is 10.9. The number of carbonyl (C=O) groups is 1. The average Bonchev–Trinajstić information content (AvgIpc) is 3.68. The summed E-state index contributed by atoms with van der Waals surface area (Å²) in [6, 6.07) is 16.7. The fraction of sp³-hybridized carbons (Fsp3) is 0.300. The van der Waals surface area contributed by atoms with Gasteiger partial charge in [-0.25, -0.2) is 9.97 Å². The van der Waals surface area contributed by atoms with E-state index in [4.69, 9.17) is 0 Å². The molecular weight excluding hydrogens is 492 g/mol. The van der Waals surface area contributed by atoms with Crippen LogP contribution in [0.1, 0.15) is 41.3 Å². The van der Waals surface area contributed by atoms with Crippen molar-refractivity contribution in [3.05, 3.63) is 76.9 Å². The Labute approximate surface area is 227 Å². The molecule has 2 N–H and O–H groups in total. The molecule has 0 radical (unpaired) electrons. The van der Waals surface area contributed by atoms with Crippen molar-refractivity contribution in [2.45, 2.75) is 25.8 Å². The molecule has 1 saturated carbocycles. The predicted molar refractivity (Wildman–Crippen MR) is 157 cm³/mol. The van der Waals surface area contributed by atoms with Crippen molar-refractivity contribution in [1.82, 2.24) is 20.2 Å². The van der Waals surface area contributed by atoms with E-state index < -0.39 is 0 Å². The molecule has 0 unspecified atom stereocenters. The minimum Gasteiger partial charge on any atom is -0.369 e. The number of nitrogens with one attached hydrogen (secondary N) is 2. The Morgan fingerprint density at radius 1 is 1.00 bits per heavy atom. The first kappa shape index (κ1) is 24.6. The molecule has 2 aromatic heterocycles. The number of hydrogen-bond acceptors (Lipinski definition) is 7. The summed E-state index contributed by atoms with van der Waals surface area (Å²) in [6.45, 7) is 7.72. The lowest BCUT2D eigenvalue weighted by atomic mass is 10.1. The molecule has 2 aliphatic rings. The normalized spacial score (nSPS) is 16.3.